The molecule has 0 fully saturated rings. The molecule has 0 atom stereocenters. The summed E-state index contributed by atoms with van der Waals surface area (Å²) in [5, 5.41) is 0.658. The molecule has 0 radical (unpaired) electrons. The van der Waals surface area contributed by atoms with Crippen LogP contribution in [0, 0.1) is 17.5 Å². The van der Waals surface area contributed by atoms with Crippen molar-refractivity contribution in [3.8, 4) is 5.69 Å². The molecule has 2 nitrogen and oxygen atoms in total. The van der Waals surface area contributed by atoms with Gasteiger partial charge in [0.05, 0.1) is 11.2 Å². The van der Waals surface area contributed by atoms with Crippen molar-refractivity contribution in [2.75, 3.05) is 0 Å². The fraction of sp³-hybridized carbons (Fsp3) is 0.0714. The number of nitrogens with zero attached hydrogens (tertiary/aromatic N) is 1. The highest BCUT2D eigenvalue weighted by molar-refractivity contribution is 7.71. The van der Waals surface area contributed by atoms with Crippen LogP contribution < -0.4 is 0 Å². The van der Waals surface area contributed by atoms with Gasteiger partial charge in [0.1, 0.15) is 11.3 Å². The molecule has 0 aliphatic rings. The van der Waals surface area contributed by atoms with Gasteiger partial charge in [-0.1, -0.05) is 23.7 Å². The van der Waals surface area contributed by atoms with Crippen molar-refractivity contribution in [2.24, 2.45) is 0 Å². The van der Waals surface area contributed by atoms with Gasteiger partial charge < -0.3 is 4.98 Å². The molecule has 3 rings (SSSR count). The van der Waals surface area contributed by atoms with Gasteiger partial charge in [0.15, 0.2) is 4.77 Å². The SMILES string of the molecule is Cc1c(Cl)cccc1-n1c(=S)[nH]c2c(F)cccc21. The van der Waals surface area contributed by atoms with Crippen molar-refractivity contribution in [1.29, 1.82) is 0 Å². The average Bonchev–Trinajstić information content (AvgIpc) is 2.71. The summed E-state index contributed by atoms with van der Waals surface area (Å²) in [4.78, 5) is 2.90. The number of aromatic nitrogens is 2. The Hall–Kier alpha value is -1.65. The summed E-state index contributed by atoms with van der Waals surface area (Å²) < 4.78 is 16.0. The van der Waals surface area contributed by atoms with Crippen LogP contribution in [-0.2, 0) is 0 Å². The fourth-order valence-electron chi connectivity index (χ4n) is 2.17. The number of imidazole rings is 1. The maximum Gasteiger partial charge on any atom is 0.182 e. The zero-order valence-corrected chi connectivity index (χ0v) is 11.6. The molecule has 3 aromatic rings. The molecule has 1 heterocycles. The summed E-state index contributed by atoms with van der Waals surface area (Å²) in [5.74, 6) is -0.318. The van der Waals surface area contributed by atoms with Crippen LogP contribution in [0.4, 0.5) is 4.39 Å². The molecule has 2 aromatic carbocycles. The molecule has 0 aliphatic carbocycles. The van der Waals surface area contributed by atoms with E-state index in [4.69, 9.17) is 23.8 Å². The summed E-state index contributed by atoms with van der Waals surface area (Å²) >= 11 is 11.4. The second-order valence-electron chi connectivity index (χ2n) is 4.28. The number of fused-ring (bicyclic) bond motifs is 1. The summed E-state index contributed by atoms with van der Waals surface area (Å²) in [6, 6.07) is 10.5. The second kappa shape index (κ2) is 4.47. The van der Waals surface area contributed by atoms with E-state index in [0.717, 1.165) is 11.3 Å². The Morgan fingerprint density at radius 3 is 2.74 bits per heavy atom. The number of rotatable bonds is 1. The lowest BCUT2D eigenvalue weighted by Gasteiger charge is -2.09. The lowest BCUT2D eigenvalue weighted by molar-refractivity contribution is 0.637. The third-order valence-corrected chi connectivity index (χ3v) is 3.84. The normalized spacial score (nSPS) is 11.1. The van der Waals surface area contributed by atoms with E-state index in [1.54, 1.807) is 10.6 Å². The smallest absolute Gasteiger partial charge is 0.182 e. The topological polar surface area (TPSA) is 20.7 Å². The minimum absolute atomic E-state index is 0.318. The summed E-state index contributed by atoms with van der Waals surface area (Å²) in [7, 11) is 0. The van der Waals surface area contributed by atoms with E-state index in [1.165, 1.54) is 6.07 Å². The van der Waals surface area contributed by atoms with Crippen LogP contribution in [0.25, 0.3) is 16.7 Å². The number of nitrogens with one attached hydrogen (secondary N) is 1. The van der Waals surface area contributed by atoms with Crippen molar-refractivity contribution in [3.05, 3.63) is 57.6 Å². The molecule has 0 spiro atoms. The fourth-order valence-corrected chi connectivity index (χ4v) is 2.64. The molecule has 96 valence electrons. The predicted molar refractivity (Wildman–Crippen MR) is 78.2 cm³/mol. The van der Waals surface area contributed by atoms with E-state index >= 15 is 0 Å². The molecule has 1 N–H and O–H groups in total. The largest absolute Gasteiger partial charge is 0.328 e. The number of para-hydroxylation sites is 1. The van der Waals surface area contributed by atoms with Gasteiger partial charge >= 0.3 is 0 Å². The van der Waals surface area contributed by atoms with E-state index < -0.39 is 0 Å². The van der Waals surface area contributed by atoms with Crippen molar-refractivity contribution in [3.63, 3.8) is 0 Å². The van der Waals surface area contributed by atoms with Crippen molar-refractivity contribution in [1.82, 2.24) is 9.55 Å². The monoisotopic (exact) mass is 292 g/mol. The molecule has 1 aromatic heterocycles. The van der Waals surface area contributed by atoms with E-state index in [2.05, 4.69) is 4.98 Å². The van der Waals surface area contributed by atoms with Gasteiger partial charge in [0.25, 0.3) is 0 Å². The third-order valence-electron chi connectivity index (χ3n) is 3.15. The Morgan fingerprint density at radius 2 is 1.95 bits per heavy atom. The van der Waals surface area contributed by atoms with Gasteiger partial charge in [0.2, 0.25) is 0 Å². The molecule has 0 amide bonds. The number of aromatic amines is 1. The van der Waals surface area contributed by atoms with Gasteiger partial charge in [-0.2, -0.15) is 0 Å². The highest BCUT2D eigenvalue weighted by Gasteiger charge is 2.12. The van der Waals surface area contributed by atoms with E-state index in [9.17, 15) is 4.39 Å². The Balaban J connectivity index is 2.44. The number of hydrogen-bond donors (Lipinski definition) is 1. The Morgan fingerprint density at radius 1 is 1.21 bits per heavy atom. The lowest BCUT2D eigenvalue weighted by Crippen LogP contribution is -1.97. The van der Waals surface area contributed by atoms with E-state index in [0.29, 0.717) is 20.8 Å². The number of hydrogen-bond acceptors (Lipinski definition) is 1. The first-order valence-corrected chi connectivity index (χ1v) is 6.53. The number of halogens is 2. The molecular weight excluding hydrogens is 283 g/mol. The Kier molecular flexibility index (Phi) is 2.92. The second-order valence-corrected chi connectivity index (χ2v) is 5.08. The third kappa shape index (κ3) is 1.88. The minimum Gasteiger partial charge on any atom is -0.328 e. The molecule has 19 heavy (non-hydrogen) atoms. The van der Waals surface area contributed by atoms with Gasteiger partial charge in [-0.3, -0.25) is 4.57 Å². The van der Waals surface area contributed by atoms with Crippen LogP contribution in [0.3, 0.4) is 0 Å². The van der Waals surface area contributed by atoms with Crippen LogP contribution in [-0.4, -0.2) is 9.55 Å². The van der Waals surface area contributed by atoms with Crippen molar-refractivity contribution < 1.29 is 4.39 Å². The summed E-state index contributed by atoms with van der Waals surface area (Å²) in [5.41, 5.74) is 2.88. The first-order chi connectivity index (χ1) is 9.09. The Bertz CT molecular complexity index is 835. The maximum absolute atomic E-state index is 13.8. The molecule has 0 saturated carbocycles. The Labute approximate surface area is 119 Å². The highest BCUT2D eigenvalue weighted by Crippen LogP contribution is 2.27. The number of H-pyrrole nitrogens is 1. The standard InChI is InChI=1S/C14H10ClFN2S/c1-8-9(15)4-2-6-11(8)18-12-7-3-5-10(16)13(12)17-14(18)19/h2-7H,1H3,(H,17,19). The van der Waals surface area contributed by atoms with Crippen LogP contribution in [0.5, 0.6) is 0 Å². The van der Waals surface area contributed by atoms with Crippen LogP contribution >= 0.6 is 23.8 Å². The first kappa shape index (κ1) is 12.4. The van der Waals surface area contributed by atoms with Crippen LogP contribution in [0.15, 0.2) is 36.4 Å². The van der Waals surface area contributed by atoms with Gasteiger partial charge in [-0.25, -0.2) is 4.39 Å². The number of benzene rings is 2. The molecular formula is C14H10ClFN2S. The van der Waals surface area contributed by atoms with Gasteiger partial charge in [0, 0.05) is 5.02 Å². The van der Waals surface area contributed by atoms with E-state index in [-0.39, 0.29) is 5.82 Å². The quantitative estimate of drug-likeness (QED) is 0.640. The summed E-state index contributed by atoms with van der Waals surface area (Å²) in [6.07, 6.45) is 0. The molecule has 0 saturated heterocycles. The minimum atomic E-state index is -0.318. The molecule has 0 bridgehead atoms. The molecule has 0 aliphatic heterocycles. The maximum atomic E-state index is 13.8. The summed E-state index contributed by atoms with van der Waals surface area (Å²) in [6.45, 7) is 1.91. The first-order valence-electron chi connectivity index (χ1n) is 5.74. The zero-order valence-electron chi connectivity index (χ0n) is 10.1. The van der Waals surface area contributed by atoms with Crippen molar-refractivity contribution >= 4 is 34.9 Å². The zero-order chi connectivity index (χ0) is 13.6. The predicted octanol–water partition coefficient (Wildman–Crippen LogP) is 4.79. The highest BCUT2D eigenvalue weighted by atomic mass is 35.5. The van der Waals surface area contributed by atoms with E-state index in [1.807, 2.05) is 31.2 Å². The van der Waals surface area contributed by atoms with Gasteiger partial charge in [-0.05, 0) is 49.0 Å². The molecule has 0 unspecified atom stereocenters. The van der Waals surface area contributed by atoms with Crippen molar-refractivity contribution in [2.45, 2.75) is 6.92 Å². The molecule has 5 heteroatoms. The average molecular weight is 293 g/mol. The van der Waals surface area contributed by atoms with Crippen LogP contribution in [0.2, 0.25) is 5.02 Å². The van der Waals surface area contributed by atoms with Gasteiger partial charge in [-0.15, -0.1) is 0 Å². The van der Waals surface area contributed by atoms with Crippen LogP contribution in [0.1, 0.15) is 5.56 Å². The lowest BCUT2D eigenvalue weighted by atomic mass is 10.2.